The molecule has 130 valence electrons. The average molecular weight is 343 g/mol. The van der Waals surface area contributed by atoms with E-state index < -0.39 is 11.8 Å². The molecular formula is C17H17N3O5. The molecule has 2 heterocycles. The normalized spacial score (nSPS) is 12.7. The van der Waals surface area contributed by atoms with Crippen LogP contribution in [0.1, 0.15) is 16.1 Å². The maximum Gasteiger partial charge on any atom is 0.286 e. The van der Waals surface area contributed by atoms with Crippen LogP contribution in [0.2, 0.25) is 0 Å². The Balaban J connectivity index is 1.63. The van der Waals surface area contributed by atoms with E-state index in [0.717, 1.165) is 0 Å². The summed E-state index contributed by atoms with van der Waals surface area (Å²) in [6, 6.07) is 6.76. The standard InChI is InChI=1S/C17H17N3O5/c1-23-13-9-11(10-14-16(13)25-8-7-24-14)4-5-15(21)19-20-17(22)12-3-2-6-18-12/h2-6,9-10,18H,7-8H2,1H3,(H,19,21)(H,20,22)/b5-4+. The fourth-order valence-corrected chi connectivity index (χ4v) is 2.26. The molecule has 1 aliphatic heterocycles. The molecule has 1 aromatic heterocycles. The Bertz CT molecular complexity index is 782. The van der Waals surface area contributed by atoms with Crippen molar-refractivity contribution in [3.8, 4) is 17.2 Å². The Kier molecular flexibility index (Phi) is 4.89. The Morgan fingerprint density at radius 3 is 2.84 bits per heavy atom. The van der Waals surface area contributed by atoms with Crippen LogP contribution in [-0.4, -0.2) is 37.1 Å². The van der Waals surface area contributed by atoms with E-state index in [4.69, 9.17) is 14.2 Å². The molecule has 1 aromatic carbocycles. The number of aromatic nitrogens is 1. The third kappa shape index (κ3) is 3.92. The molecule has 0 spiro atoms. The number of hydrazine groups is 1. The molecule has 0 radical (unpaired) electrons. The molecule has 3 N–H and O–H groups in total. The number of aromatic amines is 1. The number of benzene rings is 1. The summed E-state index contributed by atoms with van der Waals surface area (Å²) in [6.07, 6.45) is 4.49. The van der Waals surface area contributed by atoms with E-state index in [9.17, 15) is 9.59 Å². The van der Waals surface area contributed by atoms with Crippen molar-refractivity contribution in [3.05, 3.63) is 47.8 Å². The molecule has 8 heteroatoms. The second-order valence-corrected chi connectivity index (χ2v) is 5.11. The number of methoxy groups -OCH3 is 1. The Labute approximate surface area is 143 Å². The molecule has 0 fully saturated rings. The molecule has 2 aromatic rings. The topological polar surface area (TPSA) is 102 Å². The lowest BCUT2D eigenvalue weighted by atomic mass is 10.1. The highest BCUT2D eigenvalue weighted by Gasteiger charge is 2.17. The monoisotopic (exact) mass is 343 g/mol. The molecule has 0 bridgehead atoms. The van der Waals surface area contributed by atoms with E-state index in [1.54, 1.807) is 36.5 Å². The molecule has 25 heavy (non-hydrogen) atoms. The first-order chi connectivity index (χ1) is 12.2. The highest BCUT2D eigenvalue weighted by Crippen LogP contribution is 2.40. The predicted molar refractivity (Wildman–Crippen MR) is 89.4 cm³/mol. The zero-order valence-corrected chi connectivity index (χ0v) is 13.5. The number of hydrogen-bond acceptors (Lipinski definition) is 5. The molecule has 8 nitrogen and oxygen atoms in total. The highest BCUT2D eigenvalue weighted by atomic mass is 16.6. The van der Waals surface area contributed by atoms with Gasteiger partial charge in [0.2, 0.25) is 5.75 Å². The van der Waals surface area contributed by atoms with Gasteiger partial charge in [0.05, 0.1) is 7.11 Å². The van der Waals surface area contributed by atoms with Gasteiger partial charge in [-0.3, -0.25) is 20.4 Å². The quantitative estimate of drug-likeness (QED) is 0.573. The summed E-state index contributed by atoms with van der Waals surface area (Å²) < 4.78 is 16.3. The van der Waals surface area contributed by atoms with Crippen LogP contribution in [0.4, 0.5) is 0 Å². The lowest BCUT2D eigenvalue weighted by Crippen LogP contribution is -2.40. The smallest absolute Gasteiger partial charge is 0.286 e. The minimum absolute atomic E-state index is 0.348. The Hall–Kier alpha value is -3.42. The van der Waals surface area contributed by atoms with Gasteiger partial charge in [0.25, 0.3) is 11.8 Å². The second-order valence-electron chi connectivity index (χ2n) is 5.11. The number of nitrogens with one attached hydrogen (secondary N) is 3. The number of H-pyrrole nitrogens is 1. The summed E-state index contributed by atoms with van der Waals surface area (Å²) in [7, 11) is 1.53. The maximum absolute atomic E-state index is 11.8. The molecule has 2 amide bonds. The minimum Gasteiger partial charge on any atom is -0.493 e. The van der Waals surface area contributed by atoms with E-state index in [0.29, 0.717) is 41.7 Å². The van der Waals surface area contributed by atoms with E-state index in [-0.39, 0.29) is 0 Å². The van der Waals surface area contributed by atoms with Crippen LogP contribution in [0, 0.1) is 0 Å². The number of rotatable bonds is 4. The van der Waals surface area contributed by atoms with Crippen molar-refractivity contribution >= 4 is 17.9 Å². The Morgan fingerprint density at radius 2 is 2.08 bits per heavy atom. The molecule has 1 aliphatic rings. The summed E-state index contributed by atoms with van der Waals surface area (Å²) in [5, 5.41) is 0. The lowest BCUT2D eigenvalue weighted by Gasteiger charge is -2.20. The number of carbonyl (C=O) groups is 2. The minimum atomic E-state index is -0.478. The summed E-state index contributed by atoms with van der Waals surface area (Å²) >= 11 is 0. The Morgan fingerprint density at radius 1 is 1.24 bits per heavy atom. The first kappa shape index (κ1) is 16.4. The zero-order chi connectivity index (χ0) is 17.6. The van der Waals surface area contributed by atoms with E-state index in [2.05, 4.69) is 15.8 Å². The molecule has 3 rings (SSSR count). The fraction of sp³-hybridized carbons (Fsp3) is 0.176. The largest absolute Gasteiger partial charge is 0.493 e. The van der Waals surface area contributed by atoms with Gasteiger partial charge in [-0.15, -0.1) is 0 Å². The average Bonchev–Trinajstić information content (AvgIpc) is 3.18. The number of hydrogen-bond donors (Lipinski definition) is 3. The van der Waals surface area contributed by atoms with Crippen molar-refractivity contribution in [1.29, 1.82) is 0 Å². The van der Waals surface area contributed by atoms with Crippen LogP contribution >= 0.6 is 0 Å². The van der Waals surface area contributed by atoms with Gasteiger partial charge in [0.1, 0.15) is 18.9 Å². The zero-order valence-electron chi connectivity index (χ0n) is 13.5. The number of amides is 2. The van der Waals surface area contributed by atoms with Crippen molar-refractivity contribution in [2.75, 3.05) is 20.3 Å². The van der Waals surface area contributed by atoms with Gasteiger partial charge in [0, 0.05) is 12.3 Å². The first-order valence-corrected chi connectivity index (χ1v) is 7.57. The number of carbonyl (C=O) groups excluding carboxylic acids is 2. The van der Waals surface area contributed by atoms with Crippen molar-refractivity contribution in [2.45, 2.75) is 0 Å². The van der Waals surface area contributed by atoms with Crippen molar-refractivity contribution in [3.63, 3.8) is 0 Å². The molecule has 0 unspecified atom stereocenters. The van der Waals surface area contributed by atoms with Crippen LogP contribution in [-0.2, 0) is 4.79 Å². The maximum atomic E-state index is 11.8. The van der Waals surface area contributed by atoms with Gasteiger partial charge in [-0.2, -0.15) is 0 Å². The van der Waals surface area contributed by atoms with Crippen LogP contribution in [0.15, 0.2) is 36.5 Å². The summed E-state index contributed by atoms with van der Waals surface area (Å²) in [6.45, 7) is 0.913. The van der Waals surface area contributed by atoms with Crippen LogP contribution in [0.25, 0.3) is 6.08 Å². The second kappa shape index (κ2) is 7.43. The van der Waals surface area contributed by atoms with Crippen LogP contribution in [0.3, 0.4) is 0 Å². The third-order valence-electron chi connectivity index (χ3n) is 3.42. The summed E-state index contributed by atoms with van der Waals surface area (Å²) in [5.74, 6) is 0.720. The number of fused-ring (bicyclic) bond motifs is 1. The molecular weight excluding hydrogens is 326 g/mol. The van der Waals surface area contributed by atoms with E-state index in [1.165, 1.54) is 13.2 Å². The van der Waals surface area contributed by atoms with Crippen LogP contribution < -0.4 is 25.1 Å². The third-order valence-corrected chi connectivity index (χ3v) is 3.42. The van der Waals surface area contributed by atoms with Gasteiger partial charge < -0.3 is 19.2 Å². The summed E-state index contributed by atoms with van der Waals surface area (Å²) in [4.78, 5) is 26.3. The van der Waals surface area contributed by atoms with Crippen LogP contribution in [0.5, 0.6) is 17.2 Å². The molecule has 0 atom stereocenters. The first-order valence-electron chi connectivity index (χ1n) is 7.57. The summed E-state index contributed by atoms with van der Waals surface area (Å²) in [5.41, 5.74) is 5.65. The van der Waals surface area contributed by atoms with Crippen molar-refractivity contribution in [2.24, 2.45) is 0 Å². The predicted octanol–water partition coefficient (Wildman–Crippen LogP) is 1.27. The lowest BCUT2D eigenvalue weighted by molar-refractivity contribution is -0.117. The van der Waals surface area contributed by atoms with Gasteiger partial charge in [0.15, 0.2) is 11.5 Å². The number of ether oxygens (including phenoxy) is 3. The van der Waals surface area contributed by atoms with E-state index >= 15 is 0 Å². The SMILES string of the molecule is COc1cc(/C=C/C(=O)NNC(=O)c2ccc[nH]2)cc2c1OCCO2. The van der Waals surface area contributed by atoms with Crippen molar-refractivity contribution in [1.82, 2.24) is 15.8 Å². The van der Waals surface area contributed by atoms with Gasteiger partial charge in [-0.25, -0.2) is 0 Å². The van der Waals surface area contributed by atoms with E-state index in [1.807, 2.05) is 0 Å². The van der Waals surface area contributed by atoms with Crippen molar-refractivity contribution < 1.29 is 23.8 Å². The fourth-order valence-electron chi connectivity index (χ4n) is 2.26. The molecule has 0 saturated heterocycles. The van der Waals surface area contributed by atoms with Gasteiger partial charge in [-0.05, 0) is 35.9 Å². The molecule has 0 aliphatic carbocycles. The van der Waals surface area contributed by atoms with Gasteiger partial charge >= 0.3 is 0 Å². The highest BCUT2D eigenvalue weighted by molar-refractivity contribution is 5.97. The van der Waals surface area contributed by atoms with Gasteiger partial charge in [-0.1, -0.05) is 0 Å². The molecule has 0 saturated carbocycles.